The Morgan fingerprint density at radius 1 is 1.10 bits per heavy atom. The molecule has 2 aliphatic rings. The summed E-state index contributed by atoms with van der Waals surface area (Å²) in [7, 11) is 0. The molecule has 2 aromatic carbocycles. The van der Waals surface area contributed by atoms with Gasteiger partial charge in [-0.2, -0.15) is 0 Å². The molecular weight excluding hydrogens is 507 g/mol. The maximum Gasteiger partial charge on any atom is 0.272 e. The summed E-state index contributed by atoms with van der Waals surface area (Å²) in [5, 5.41) is 13.8. The van der Waals surface area contributed by atoms with E-state index < -0.39 is 35.8 Å². The molecule has 1 aliphatic heterocycles. The number of hydrogen-bond acceptors (Lipinski definition) is 5. The molecule has 0 saturated heterocycles. The zero-order valence-corrected chi connectivity index (χ0v) is 22.7. The predicted octanol–water partition coefficient (Wildman–Crippen LogP) is 5.01. The molecule has 1 aliphatic carbocycles. The van der Waals surface area contributed by atoms with E-state index in [1.165, 1.54) is 6.07 Å². The first-order valence-corrected chi connectivity index (χ1v) is 14.1. The number of benzene rings is 2. The van der Waals surface area contributed by atoms with Gasteiger partial charge in [-0.1, -0.05) is 69.0 Å². The van der Waals surface area contributed by atoms with Crippen molar-refractivity contribution in [3.8, 4) is 0 Å². The van der Waals surface area contributed by atoms with E-state index >= 15 is 4.39 Å². The topological polar surface area (TPSA) is 94.9 Å². The van der Waals surface area contributed by atoms with Crippen LogP contribution in [0.4, 0.5) is 10.1 Å². The summed E-state index contributed by atoms with van der Waals surface area (Å²) in [5.41, 5.74) is 2.47. The number of fused-ring (bicyclic) bond motifs is 1. The number of nitrogens with zero attached hydrogens (tertiary/aromatic N) is 3. The molecule has 2 amide bonds. The maximum atomic E-state index is 15.1. The molecule has 3 atom stereocenters. The number of aromatic nitrogens is 1. The van der Waals surface area contributed by atoms with Gasteiger partial charge in [0.2, 0.25) is 12.1 Å². The van der Waals surface area contributed by atoms with Crippen LogP contribution in [0.1, 0.15) is 62.1 Å². The van der Waals surface area contributed by atoms with Gasteiger partial charge < -0.3 is 15.3 Å². The number of carbonyl (C=O) groups excluding carboxylic acids is 2. The normalized spacial score (nSPS) is 18.4. The molecule has 1 aromatic heterocycles. The van der Waals surface area contributed by atoms with Crippen molar-refractivity contribution >= 4 is 23.2 Å². The Kier molecular flexibility index (Phi) is 8.65. The molecule has 5 rings (SSSR count). The van der Waals surface area contributed by atoms with Gasteiger partial charge in [0, 0.05) is 23.5 Å². The lowest BCUT2D eigenvalue weighted by atomic mass is 9.91. The number of para-hydroxylation sites is 1. The minimum atomic E-state index is -1.30. The molecular formula is C32H35FN4O3. The first kappa shape index (κ1) is 27.6. The number of benzodiazepines with no additional fused rings is 1. The van der Waals surface area contributed by atoms with Crippen LogP contribution in [0.3, 0.4) is 0 Å². The predicted molar refractivity (Wildman–Crippen MR) is 152 cm³/mol. The van der Waals surface area contributed by atoms with Gasteiger partial charge >= 0.3 is 0 Å². The van der Waals surface area contributed by atoms with Crippen LogP contribution in [0, 0.1) is 17.7 Å². The molecule has 7 nitrogen and oxygen atoms in total. The van der Waals surface area contributed by atoms with Gasteiger partial charge in [-0.05, 0) is 48.6 Å². The quantitative estimate of drug-likeness (QED) is 0.356. The molecule has 1 fully saturated rings. The lowest BCUT2D eigenvalue weighted by Gasteiger charge is -2.27. The summed E-state index contributed by atoms with van der Waals surface area (Å²) < 4.78 is 15.1. The van der Waals surface area contributed by atoms with Gasteiger partial charge in [0.25, 0.3) is 5.91 Å². The molecule has 2 heterocycles. The number of aliphatic imine (C=N–C) groups is 1. The van der Waals surface area contributed by atoms with Gasteiger partial charge in [0.15, 0.2) is 0 Å². The third-order valence-electron chi connectivity index (χ3n) is 7.62. The smallest absolute Gasteiger partial charge is 0.272 e. The van der Waals surface area contributed by atoms with Crippen molar-refractivity contribution in [2.75, 3.05) is 4.90 Å². The molecule has 0 bridgehead atoms. The van der Waals surface area contributed by atoms with Crippen molar-refractivity contribution in [1.29, 1.82) is 0 Å². The number of aliphatic hydroxyl groups excluding tert-OH is 1. The van der Waals surface area contributed by atoms with E-state index in [-0.39, 0.29) is 17.8 Å². The van der Waals surface area contributed by atoms with E-state index in [0.29, 0.717) is 30.0 Å². The maximum absolute atomic E-state index is 15.1. The van der Waals surface area contributed by atoms with Crippen LogP contribution in [0.25, 0.3) is 0 Å². The van der Waals surface area contributed by atoms with E-state index in [9.17, 15) is 14.7 Å². The average molecular weight is 543 g/mol. The number of pyridine rings is 1. The summed E-state index contributed by atoms with van der Waals surface area (Å²) in [5.74, 6) is -1.56. The highest BCUT2D eigenvalue weighted by molar-refractivity contribution is 6.20. The summed E-state index contributed by atoms with van der Waals surface area (Å²) in [6, 6.07) is 17.2. The van der Waals surface area contributed by atoms with Crippen molar-refractivity contribution < 1.29 is 19.1 Å². The van der Waals surface area contributed by atoms with Crippen LogP contribution >= 0.6 is 0 Å². The fourth-order valence-corrected chi connectivity index (χ4v) is 5.24. The van der Waals surface area contributed by atoms with Crippen LogP contribution in [0.15, 0.2) is 78.0 Å². The molecule has 3 aromatic rings. The summed E-state index contributed by atoms with van der Waals surface area (Å²) >= 11 is 0. The number of hydrogen-bond donors (Lipinski definition) is 2. The fourth-order valence-electron chi connectivity index (χ4n) is 5.24. The Morgan fingerprint density at radius 3 is 2.55 bits per heavy atom. The van der Waals surface area contributed by atoms with E-state index in [2.05, 4.69) is 10.3 Å². The zero-order chi connectivity index (χ0) is 28.1. The van der Waals surface area contributed by atoms with Crippen LogP contribution in [0.5, 0.6) is 0 Å². The number of anilines is 1. The highest BCUT2D eigenvalue weighted by Crippen LogP contribution is 2.37. The van der Waals surface area contributed by atoms with Crippen LogP contribution in [-0.2, 0) is 16.1 Å². The Bertz CT molecular complexity index is 1380. The van der Waals surface area contributed by atoms with Gasteiger partial charge in [0.1, 0.15) is 5.82 Å². The monoisotopic (exact) mass is 542 g/mol. The van der Waals surface area contributed by atoms with E-state index in [1.807, 2.05) is 25.1 Å². The number of rotatable bonds is 11. The number of aliphatic hydroxyl groups is 1. The fraction of sp³-hybridized carbons (Fsp3) is 0.375. The first-order valence-electron chi connectivity index (χ1n) is 14.1. The van der Waals surface area contributed by atoms with Crippen LogP contribution in [-0.4, -0.2) is 39.9 Å². The summed E-state index contributed by atoms with van der Waals surface area (Å²) in [6.45, 7) is 2.24. The first-order chi connectivity index (χ1) is 19.5. The number of amides is 2. The lowest BCUT2D eigenvalue weighted by Crippen LogP contribution is -2.50. The Labute approximate surface area is 234 Å². The third-order valence-corrected chi connectivity index (χ3v) is 7.62. The zero-order valence-electron chi connectivity index (χ0n) is 22.7. The minimum absolute atomic E-state index is 0.195. The van der Waals surface area contributed by atoms with Crippen LogP contribution < -0.4 is 10.2 Å². The molecule has 1 saturated carbocycles. The number of halogens is 1. The highest BCUT2D eigenvalue weighted by atomic mass is 19.1. The third kappa shape index (κ3) is 6.28. The van der Waals surface area contributed by atoms with E-state index in [0.717, 1.165) is 31.2 Å². The SMILES string of the molecule is CCCCC(O)C(CC1CC1)C(=O)NC1N=C(c2ccccc2F)c2ccccc2N(Cc2cccnc2)C1=O. The Balaban J connectivity index is 1.55. The summed E-state index contributed by atoms with van der Waals surface area (Å²) in [6.07, 6.45) is 6.12. The van der Waals surface area contributed by atoms with Gasteiger partial charge in [-0.3, -0.25) is 14.6 Å². The lowest BCUT2D eigenvalue weighted by molar-refractivity contribution is -0.133. The van der Waals surface area contributed by atoms with Crippen molar-refractivity contribution in [3.63, 3.8) is 0 Å². The van der Waals surface area contributed by atoms with E-state index in [1.54, 1.807) is 53.7 Å². The number of unbranched alkanes of at least 4 members (excludes halogenated alkanes) is 1. The molecule has 3 unspecified atom stereocenters. The van der Waals surface area contributed by atoms with Gasteiger partial charge in [-0.25, -0.2) is 9.38 Å². The molecule has 40 heavy (non-hydrogen) atoms. The second-order valence-corrected chi connectivity index (χ2v) is 10.7. The van der Waals surface area contributed by atoms with Crippen molar-refractivity contribution in [1.82, 2.24) is 10.3 Å². The van der Waals surface area contributed by atoms with Crippen molar-refractivity contribution in [2.24, 2.45) is 16.8 Å². The number of carbonyl (C=O) groups is 2. The Morgan fingerprint density at radius 2 is 1.85 bits per heavy atom. The molecule has 2 N–H and O–H groups in total. The molecule has 8 heteroatoms. The van der Waals surface area contributed by atoms with Gasteiger partial charge in [0.05, 0.1) is 30.0 Å². The standard InChI is InChI=1S/C32H35FN4O3/c1-2-3-14-28(38)25(18-21-15-16-21)31(39)36-30-32(40)37(20-22-9-8-17-34-19-22)27-13-7-5-11-24(27)29(35-30)23-10-4-6-12-26(23)33/h4-13,17,19,21,25,28,30,38H,2-3,14-16,18,20H2,1H3,(H,36,39). The molecule has 0 radical (unpaired) electrons. The Hall–Kier alpha value is -3.91. The van der Waals surface area contributed by atoms with Crippen LogP contribution in [0.2, 0.25) is 0 Å². The second-order valence-electron chi connectivity index (χ2n) is 10.7. The second kappa shape index (κ2) is 12.5. The average Bonchev–Trinajstić information content (AvgIpc) is 3.81. The summed E-state index contributed by atoms with van der Waals surface area (Å²) in [4.78, 5) is 38.3. The van der Waals surface area contributed by atoms with Crippen molar-refractivity contribution in [3.05, 3.63) is 95.6 Å². The van der Waals surface area contributed by atoms with Crippen molar-refractivity contribution in [2.45, 2.75) is 64.3 Å². The van der Waals surface area contributed by atoms with E-state index in [4.69, 9.17) is 4.99 Å². The molecule has 208 valence electrons. The highest BCUT2D eigenvalue weighted by Gasteiger charge is 2.38. The minimum Gasteiger partial charge on any atom is -0.392 e. The van der Waals surface area contributed by atoms with Gasteiger partial charge in [-0.15, -0.1) is 0 Å². The molecule has 0 spiro atoms. The number of nitrogens with one attached hydrogen (secondary N) is 1. The largest absolute Gasteiger partial charge is 0.392 e.